The second-order valence-corrected chi connectivity index (χ2v) is 6.64. The van der Waals surface area contributed by atoms with Gasteiger partial charge in [0.05, 0.1) is 6.10 Å². The predicted molar refractivity (Wildman–Crippen MR) is 91.1 cm³/mol. The van der Waals surface area contributed by atoms with E-state index in [9.17, 15) is 9.59 Å². The Labute approximate surface area is 143 Å². The fourth-order valence-electron chi connectivity index (χ4n) is 2.85. The molecule has 0 spiro atoms. The van der Waals surface area contributed by atoms with E-state index in [0.717, 1.165) is 12.0 Å². The molecule has 6 nitrogen and oxygen atoms in total. The largest absolute Gasteiger partial charge is 0.379 e. The lowest BCUT2D eigenvalue weighted by molar-refractivity contribution is -0.141. The van der Waals surface area contributed by atoms with Crippen molar-refractivity contribution >= 4 is 11.8 Å². The fourth-order valence-corrected chi connectivity index (χ4v) is 2.85. The quantitative estimate of drug-likeness (QED) is 0.738. The lowest BCUT2D eigenvalue weighted by atomic mass is 9.97. The van der Waals surface area contributed by atoms with Crippen molar-refractivity contribution in [3.63, 3.8) is 0 Å². The minimum atomic E-state index is -0.800. The number of nitrogens with zero attached hydrogens (tertiary/aromatic N) is 2. The molecule has 0 aliphatic carbocycles. The molecule has 2 heterocycles. The molecule has 24 heavy (non-hydrogen) atoms. The van der Waals surface area contributed by atoms with E-state index in [4.69, 9.17) is 4.74 Å². The van der Waals surface area contributed by atoms with Crippen LogP contribution in [-0.4, -0.2) is 46.5 Å². The van der Waals surface area contributed by atoms with Crippen LogP contribution in [0.25, 0.3) is 0 Å². The smallest absolute Gasteiger partial charge is 0.245 e. The van der Waals surface area contributed by atoms with Crippen LogP contribution < -0.4 is 5.32 Å². The molecule has 2 rings (SSSR count). The third-order valence-corrected chi connectivity index (χ3v) is 4.33. The summed E-state index contributed by atoms with van der Waals surface area (Å²) < 4.78 is 5.47. The van der Waals surface area contributed by atoms with Crippen molar-refractivity contribution < 1.29 is 14.3 Å². The first-order valence-electron chi connectivity index (χ1n) is 8.53. The number of carbonyl (C=O) groups is 2. The standard InChI is InChI=1S/C18H27N3O3/c1-14(2)24-11-5-10-20-17(23)18(3)8-7-16(22)21(18)13-15-6-4-9-19-12-15/h4,6,9,12,14H,5,7-8,10-11,13H2,1-3H3,(H,20,23)/t18-/m1/s1. The third-order valence-electron chi connectivity index (χ3n) is 4.33. The van der Waals surface area contributed by atoms with Gasteiger partial charge in [-0.05, 0) is 45.2 Å². The van der Waals surface area contributed by atoms with Gasteiger partial charge in [-0.3, -0.25) is 14.6 Å². The summed E-state index contributed by atoms with van der Waals surface area (Å²) in [5.41, 5.74) is 0.128. The van der Waals surface area contributed by atoms with Crippen molar-refractivity contribution in [2.24, 2.45) is 0 Å². The second kappa shape index (κ2) is 8.24. The van der Waals surface area contributed by atoms with Gasteiger partial charge in [0.15, 0.2) is 0 Å². The number of aromatic nitrogens is 1. The van der Waals surface area contributed by atoms with Gasteiger partial charge in [-0.1, -0.05) is 6.07 Å². The summed E-state index contributed by atoms with van der Waals surface area (Å²) in [7, 11) is 0. The zero-order valence-corrected chi connectivity index (χ0v) is 14.7. The highest BCUT2D eigenvalue weighted by molar-refractivity contribution is 5.94. The molecule has 1 N–H and O–H groups in total. The molecule has 0 aromatic carbocycles. The molecular weight excluding hydrogens is 306 g/mol. The summed E-state index contributed by atoms with van der Waals surface area (Å²) in [5, 5.41) is 2.95. The van der Waals surface area contributed by atoms with Gasteiger partial charge in [-0.25, -0.2) is 0 Å². The molecule has 1 atom stereocenters. The zero-order valence-electron chi connectivity index (χ0n) is 14.7. The first kappa shape index (κ1) is 18.4. The molecule has 0 radical (unpaired) electrons. The van der Waals surface area contributed by atoms with Crippen LogP contribution >= 0.6 is 0 Å². The Morgan fingerprint density at radius 1 is 1.50 bits per heavy atom. The number of nitrogens with one attached hydrogen (secondary N) is 1. The minimum absolute atomic E-state index is 0.0136. The van der Waals surface area contributed by atoms with E-state index in [1.165, 1.54) is 0 Å². The number of carbonyl (C=O) groups excluding carboxylic acids is 2. The van der Waals surface area contributed by atoms with Crippen LogP contribution in [0.15, 0.2) is 24.5 Å². The zero-order chi connectivity index (χ0) is 17.6. The maximum atomic E-state index is 12.6. The van der Waals surface area contributed by atoms with Crippen LogP contribution in [0, 0.1) is 0 Å². The van der Waals surface area contributed by atoms with Crippen LogP contribution in [0.4, 0.5) is 0 Å². The van der Waals surface area contributed by atoms with Crippen molar-refractivity contribution in [1.82, 2.24) is 15.2 Å². The topological polar surface area (TPSA) is 71.5 Å². The monoisotopic (exact) mass is 333 g/mol. The summed E-state index contributed by atoms with van der Waals surface area (Å²) in [5.74, 6) is -0.0820. The maximum absolute atomic E-state index is 12.6. The van der Waals surface area contributed by atoms with E-state index in [1.54, 1.807) is 17.3 Å². The summed E-state index contributed by atoms with van der Waals surface area (Å²) >= 11 is 0. The summed E-state index contributed by atoms with van der Waals surface area (Å²) in [4.78, 5) is 30.7. The van der Waals surface area contributed by atoms with E-state index in [2.05, 4.69) is 10.3 Å². The number of hydrogen-bond donors (Lipinski definition) is 1. The number of pyridine rings is 1. The van der Waals surface area contributed by atoms with Crippen LogP contribution in [-0.2, 0) is 20.9 Å². The Balaban J connectivity index is 1.92. The van der Waals surface area contributed by atoms with Gasteiger partial charge in [-0.2, -0.15) is 0 Å². The molecule has 1 fully saturated rings. The van der Waals surface area contributed by atoms with Crippen LogP contribution in [0.1, 0.15) is 45.6 Å². The average molecular weight is 333 g/mol. The summed E-state index contributed by atoms with van der Waals surface area (Å²) in [6.45, 7) is 7.39. The van der Waals surface area contributed by atoms with Crippen molar-refractivity contribution in [3.8, 4) is 0 Å². The normalized spacial score (nSPS) is 20.7. The van der Waals surface area contributed by atoms with Crippen LogP contribution in [0.2, 0.25) is 0 Å². The molecule has 0 bridgehead atoms. The Kier molecular flexibility index (Phi) is 6.31. The first-order valence-corrected chi connectivity index (χ1v) is 8.53. The van der Waals surface area contributed by atoms with Gasteiger partial charge in [0.2, 0.25) is 11.8 Å². The lowest BCUT2D eigenvalue weighted by Gasteiger charge is -2.34. The highest BCUT2D eigenvalue weighted by atomic mass is 16.5. The minimum Gasteiger partial charge on any atom is -0.379 e. The molecule has 1 aromatic heterocycles. The van der Waals surface area contributed by atoms with E-state index < -0.39 is 5.54 Å². The van der Waals surface area contributed by atoms with Gasteiger partial charge in [0.1, 0.15) is 5.54 Å². The molecule has 1 aliphatic heterocycles. The Hall–Kier alpha value is -1.95. The van der Waals surface area contributed by atoms with Crippen LogP contribution in [0.3, 0.4) is 0 Å². The van der Waals surface area contributed by atoms with Crippen molar-refractivity contribution in [3.05, 3.63) is 30.1 Å². The third kappa shape index (κ3) is 4.54. The second-order valence-electron chi connectivity index (χ2n) is 6.64. The van der Waals surface area contributed by atoms with Gasteiger partial charge in [0, 0.05) is 38.5 Å². The molecule has 1 aromatic rings. The number of likely N-dealkylation sites (tertiary alicyclic amines) is 1. The van der Waals surface area contributed by atoms with E-state index in [-0.39, 0.29) is 17.9 Å². The molecule has 0 saturated carbocycles. The summed E-state index contributed by atoms with van der Waals surface area (Å²) in [6.07, 6.45) is 5.33. The number of hydrogen-bond acceptors (Lipinski definition) is 4. The SMILES string of the molecule is CC(C)OCCCNC(=O)[C@@]1(C)CCC(=O)N1Cc1cccnc1. The van der Waals surface area contributed by atoms with Crippen molar-refractivity contribution in [1.29, 1.82) is 0 Å². The van der Waals surface area contributed by atoms with E-state index >= 15 is 0 Å². The molecule has 2 amide bonds. The highest BCUT2D eigenvalue weighted by Crippen LogP contribution is 2.31. The maximum Gasteiger partial charge on any atom is 0.245 e. The summed E-state index contributed by atoms with van der Waals surface area (Å²) in [6, 6.07) is 3.75. The molecule has 0 unspecified atom stereocenters. The average Bonchev–Trinajstić information content (AvgIpc) is 2.85. The van der Waals surface area contributed by atoms with Crippen LogP contribution in [0.5, 0.6) is 0 Å². The fraction of sp³-hybridized carbons (Fsp3) is 0.611. The molecule has 132 valence electrons. The van der Waals surface area contributed by atoms with Gasteiger partial charge in [-0.15, -0.1) is 0 Å². The Morgan fingerprint density at radius 3 is 2.96 bits per heavy atom. The lowest BCUT2D eigenvalue weighted by Crippen LogP contribution is -2.54. The van der Waals surface area contributed by atoms with Crippen molar-refractivity contribution in [2.45, 2.75) is 58.2 Å². The molecule has 1 saturated heterocycles. The number of ether oxygens (including phenoxy) is 1. The van der Waals surface area contributed by atoms with Gasteiger partial charge >= 0.3 is 0 Å². The number of rotatable bonds is 8. The first-order chi connectivity index (χ1) is 11.4. The molecular formula is C18H27N3O3. The van der Waals surface area contributed by atoms with Crippen molar-refractivity contribution in [2.75, 3.05) is 13.2 Å². The highest BCUT2D eigenvalue weighted by Gasteiger charge is 2.46. The molecule has 1 aliphatic rings. The number of amides is 2. The predicted octanol–water partition coefficient (Wildman–Crippen LogP) is 1.89. The molecule has 6 heteroatoms. The van der Waals surface area contributed by atoms with E-state index in [1.807, 2.05) is 32.9 Å². The van der Waals surface area contributed by atoms with Gasteiger partial charge < -0.3 is 15.0 Å². The Bertz CT molecular complexity index is 562. The van der Waals surface area contributed by atoms with E-state index in [0.29, 0.717) is 32.5 Å². The van der Waals surface area contributed by atoms with Gasteiger partial charge in [0.25, 0.3) is 0 Å². The Morgan fingerprint density at radius 2 is 2.29 bits per heavy atom.